The minimum atomic E-state index is 0.243. The zero-order valence-electron chi connectivity index (χ0n) is 17.0. The van der Waals surface area contributed by atoms with Gasteiger partial charge in [0.2, 0.25) is 5.91 Å². The number of rotatable bonds is 6. The van der Waals surface area contributed by atoms with Gasteiger partial charge in [-0.2, -0.15) is 0 Å². The van der Waals surface area contributed by atoms with E-state index in [-0.39, 0.29) is 5.91 Å². The molecular formula is C23H30N4O2. The Morgan fingerprint density at radius 3 is 2.59 bits per heavy atom. The van der Waals surface area contributed by atoms with Crippen molar-refractivity contribution in [1.29, 1.82) is 0 Å². The first kappa shape index (κ1) is 19.9. The molecule has 2 aliphatic heterocycles. The van der Waals surface area contributed by atoms with E-state index in [1.807, 2.05) is 29.2 Å². The molecule has 154 valence electrons. The minimum absolute atomic E-state index is 0.243. The van der Waals surface area contributed by atoms with E-state index in [9.17, 15) is 4.79 Å². The normalized spacial score (nSPS) is 22.6. The lowest BCUT2D eigenvalue weighted by Gasteiger charge is -2.37. The quantitative estimate of drug-likeness (QED) is 0.788. The van der Waals surface area contributed by atoms with Crippen LogP contribution in [0.1, 0.15) is 30.0 Å². The van der Waals surface area contributed by atoms with Crippen LogP contribution in [0.25, 0.3) is 0 Å². The highest BCUT2D eigenvalue weighted by atomic mass is 16.5. The minimum Gasteiger partial charge on any atom is -0.497 e. The van der Waals surface area contributed by atoms with Crippen LogP contribution in [-0.2, 0) is 11.2 Å². The number of carbonyl (C=O) groups excluding carboxylic acids is 1. The molecule has 29 heavy (non-hydrogen) atoms. The molecule has 6 nitrogen and oxygen atoms in total. The first-order valence-corrected chi connectivity index (χ1v) is 10.4. The van der Waals surface area contributed by atoms with E-state index in [1.54, 1.807) is 7.11 Å². The van der Waals surface area contributed by atoms with Crippen molar-refractivity contribution in [2.24, 2.45) is 0 Å². The van der Waals surface area contributed by atoms with Gasteiger partial charge in [0.05, 0.1) is 13.3 Å². The van der Waals surface area contributed by atoms with Crippen LogP contribution in [0.2, 0.25) is 0 Å². The number of methoxy groups -OCH3 is 1. The lowest BCUT2D eigenvalue weighted by molar-refractivity contribution is -0.133. The molecule has 0 bridgehead atoms. The van der Waals surface area contributed by atoms with Crippen LogP contribution in [0.3, 0.4) is 0 Å². The number of carbonyl (C=O) groups is 1. The summed E-state index contributed by atoms with van der Waals surface area (Å²) in [5.74, 6) is 1.09. The number of nitrogens with zero attached hydrogens (tertiary/aromatic N) is 2. The number of nitrogens with one attached hydrogen (secondary N) is 2. The van der Waals surface area contributed by atoms with Crippen LogP contribution >= 0.6 is 0 Å². The fraction of sp³-hybridized carbons (Fsp3) is 0.435. The zero-order chi connectivity index (χ0) is 20.1. The summed E-state index contributed by atoms with van der Waals surface area (Å²) in [7, 11) is 1.67. The maximum atomic E-state index is 12.6. The highest BCUT2D eigenvalue weighted by Crippen LogP contribution is 2.24. The fourth-order valence-corrected chi connectivity index (χ4v) is 4.20. The molecule has 2 atom stereocenters. The summed E-state index contributed by atoms with van der Waals surface area (Å²) < 4.78 is 5.26. The van der Waals surface area contributed by atoms with Gasteiger partial charge in [-0.3, -0.25) is 9.69 Å². The molecule has 0 radical (unpaired) electrons. The van der Waals surface area contributed by atoms with E-state index >= 15 is 0 Å². The first-order chi connectivity index (χ1) is 14.2. The Hall–Kier alpha value is -2.41. The fourth-order valence-electron chi connectivity index (χ4n) is 4.20. The lowest BCUT2D eigenvalue weighted by Crippen LogP contribution is -2.55. The molecule has 4 rings (SSSR count). The van der Waals surface area contributed by atoms with Crippen molar-refractivity contribution in [3.63, 3.8) is 0 Å². The number of hydrogen-bond donors (Lipinski definition) is 2. The highest BCUT2D eigenvalue weighted by molar-refractivity contribution is 5.76. The van der Waals surface area contributed by atoms with Gasteiger partial charge in [0, 0.05) is 38.6 Å². The Kier molecular flexibility index (Phi) is 6.44. The summed E-state index contributed by atoms with van der Waals surface area (Å²) >= 11 is 0. The molecule has 0 aliphatic carbocycles. The highest BCUT2D eigenvalue weighted by Gasteiger charge is 2.32. The molecule has 2 fully saturated rings. The molecule has 2 aliphatic rings. The number of benzene rings is 2. The molecule has 2 unspecified atom stereocenters. The molecule has 2 heterocycles. The number of piperazine rings is 1. The van der Waals surface area contributed by atoms with Crippen molar-refractivity contribution in [1.82, 2.24) is 20.7 Å². The van der Waals surface area contributed by atoms with Gasteiger partial charge in [-0.1, -0.05) is 42.5 Å². The summed E-state index contributed by atoms with van der Waals surface area (Å²) in [6.07, 6.45) is 2.65. The van der Waals surface area contributed by atoms with Crippen molar-refractivity contribution in [2.75, 3.05) is 33.3 Å². The lowest BCUT2D eigenvalue weighted by atomic mass is 10.0. The van der Waals surface area contributed by atoms with Gasteiger partial charge >= 0.3 is 0 Å². The summed E-state index contributed by atoms with van der Waals surface area (Å²) in [5, 5.41) is 0. The Balaban J connectivity index is 1.22. The van der Waals surface area contributed by atoms with Gasteiger partial charge in [0.15, 0.2) is 0 Å². The average molecular weight is 395 g/mol. The van der Waals surface area contributed by atoms with E-state index < -0.39 is 0 Å². The smallest absolute Gasteiger partial charge is 0.222 e. The van der Waals surface area contributed by atoms with Crippen molar-refractivity contribution in [2.45, 2.75) is 31.5 Å². The summed E-state index contributed by atoms with van der Waals surface area (Å²) in [6.45, 7) is 3.41. The van der Waals surface area contributed by atoms with Gasteiger partial charge in [-0.05, 0) is 36.1 Å². The maximum absolute atomic E-state index is 12.6. The maximum Gasteiger partial charge on any atom is 0.222 e. The van der Waals surface area contributed by atoms with Crippen LogP contribution in [0.4, 0.5) is 0 Å². The monoisotopic (exact) mass is 394 g/mol. The van der Waals surface area contributed by atoms with Gasteiger partial charge in [-0.25, -0.2) is 10.9 Å². The molecule has 1 amide bonds. The Morgan fingerprint density at radius 1 is 1.03 bits per heavy atom. The van der Waals surface area contributed by atoms with Crippen LogP contribution in [0, 0.1) is 0 Å². The summed E-state index contributed by atoms with van der Waals surface area (Å²) in [5.41, 5.74) is 9.31. The molecule has 2 saturated heterocycles. The van der Waals surface area contributed by atoms with E-state index in [0.29, 0.717) is 18.6 Å². The number of hydrazine groups is 1. The van der Waals surface area contributed by atoms with Gasteiger partial charge < -0.3 is 9.64 Å². The predicted molar refractivity (Wildman–Crippen MR) is 113 cm³/mol. The van der Waals surface area contributed by atoms with E-state index in [4.69, 9.17) is 4.74 Å². The molecule has 0 aromatic heterocycles. The number of aryl methyl sites for hydroxylation is 1. The Morgan fingerprint density at radius 2 is 1.83 bits per heavy atom. The molecule has 2 aromatic carbocycles. The Bertz CT molecular complexity index is 806. The average Bonchev–Trinajstić information content (AvgIpc) is 3.29. The van der Waals surface area contributed by atoms with Crippen LogP contribution in [-0.4, -0.2) is 55.2 Å². The van der Waals surface area contributed by atoms with Crippen molar-refractivity contribution in [3.05, 3.63) is 65.7 Å². The largest absolute Gasteiger partial charge is 0.497 e. The van der Waals surface area contributed by atoms with Crippen molar-refractivity contribution >= 4 is 5.91 Å². The Labute approximate surface area is 172 Å². The van der Waals surface area contributed by atoms with E-state index in [0.717, 1.165) is 50.3 Å². The molecule has 2 aromatic rings. The van der Waals surface area contributed by atoms with E-state index in [1.165, 1.54) is 5.56 Å². The predicted octanol–water partition coefficient (Wildman–Crippen LogP) is 2.34. The first-order valence-electron chi connectivity index (χ1n) is 10.4. The second kappa shape index (κ2) is 9.39. The molecule has 0 saturated carbocycles. The second-order valence-electron chi connectivity index (χ2n) is 7.77. The molecule has 0 spiro atoms. The third kappa shape index (κ3) is 4.96. The second-order valence-corrected chi connectivity index (χ2v) is 7.77. The van der Waals surface area contributed by atoms with Crippen LogP contribution < -0.4 is 15.6 Å². The summed E-state index contributed by atoms with van der Waals surface area (Å²) in [6, 6.07) is 18.9. The molecular weight excluding hydrogens is 364 g/mol. The van der Waals surface area contributed by atoms with Crippen LogP contribution in [0.15, 0.2) is 54.6 Å². The molecule has 6 heteroatoms. The van der Waals surface area contributed by atoms with Gasteiger partial charge in [-0.15, -0.1) is 0 Å². The van der Waals surface area contributed by atoms with Crippen molar-refractivity contribution < 1.29 is 9.53 Å². The zero-order valence-corrected chi connectivity index (χ0v) is 17.0. The number of amides is 1. The third-order valence-corrected chi connectivity index (χ3v) is 5.95. The van der Waals surface area contributed by atoms with E-state index in [2.05, 4.69) is 46.1 Å². The van der Waals surface area contributed by atoms with Gasteiger partial charge in [0.1, 0.15) is 5.75 Å². The topological polar surface area (TPSA) is 56.8 Å². The standard InChI is InChI=1S/C23H30N4O2/c1-29-20-9-5-6-18(16-20)10-11-23(28)27-14-12-26(13-15-27)22-17-21(24-25-22)19-7-3-2-4-8-19/h2-9,16,21-22,24-25H,10-15,17H2,1H3. The SMILES string of the molecule is COc1cccc(CCC(=O)N2CCN(C3CC(c4ccccc4)NN3)CC2)c1. The summed E-state index contributed by atoms with van der Waals surface area (Å²) in [4.78, 5) is 17.1. The van der Waals surface area contributed by atoms with Crippen molar-refractivity contribution in [3.8, 4) is 5.75 Å². The third-order valence-electron chi connectivity index (χ3n) is 5.95. The molecule has 2 N–H and O–H groups in total. The number of ether oxygens (including phenoxy) is 1. The van der Waals surface area contributed by atoms with Crippen LogP contribution in [0.5, 0.6) is 5.75 Å². The number of hydrogen-bond acceptors (Lipinski definition) is 5. The van der Waals surface area contributed by atoms with Gasteiger partial charge in [0.25, 0.3) is 0 Å².